The van der Waals surface area contributed by atoms with E-state index in [1.807, 2.05) is 16.5 Å². The average Bonchev–Trinajstić information content (AvgIpc) is 3.06. The number of hydrogen-bond donors (Lipinski definition) is 2. The van der Waals surface area contributed by atoms with Crippen LogP contribution in [0.5, 0.6) is 5.75 Å². The molecule has 0 saturated carbocycles. The molecule has 6 nitrogen and oxygen atoms in total. The number of aromatic hydroxyl groups is 1. The summed E-state index contributed by atoms with van der Waals surface area (Å²) in [5.41, 5.74) is 3.04. The number of phenols is 1. The molecule has 26 heavy (non-hydrogen) atoms. The summed E-state index contributed by atoms with van der Waals surface area (Å²) in [5.74, 6) is 0.0823. The quantitative estimate of drug-likeness (QED) is 0.427. The van der Waals surface area contributed by atoms with Gasteiger partial charge in [0.05, 0.1) is 33.5 Å². The van der Waals surface area contributed by atoms with Crippen LogP contribution in [-0.4, -0.2) is 38.6 Å². The van der Waals surface area contributed by atoms with Crippen molar-refractivity contribution < 1.29 is 5.11 Å². The SMILES string of the molecule is CCN(CC)C(C)Nc1ccc2ncn3c4ccc(O)cc4c(=O)c1c23. The Labute approximate surface area is 151 Å². The van der Waals surface area contributed by atoms with Crippen LogP contribution >= 0.6 is 0 Å². The van der Waals surface area contributed by atoms with Gasteiger partial charge in [-0.1, -0.05) is 13.8 Å². The van der Waals surface area contributed by atoms with E-state index in [4.69, 9.17) is 0 Å². The largest absolute Gasteiger partial charge is 0.508 e. The molecule has 1 unspecified atom stereocenters. The molecule has 0 spiro atoms. The molecule has 0 aliphatic rings. The van der Waals surface area contributed by atoms with Crippen LogP contribution in [0.4, 0.5) is 5.69 Å². The number of imidazole rings is 1. The summed E-state index contributed by atoms with van der Waals surface area (Å²) in [4.78, 5) is 20.0. The predicted molar refractivity (Wildman–Crippen MR) is 105 cm³/mol. The molecule has 0 bridgehead atoms. The molecular formula is C20H22N4O2. The normalized spacial score (nSPS) is 13.2. The lowest BCUT2D eigenvalue weighted by atomic mass is 10.1. The van der Waals surface area contributed by atoms with Crippen molar-refractivity contribution in [1.82, 2.24) is 14.3 Å². The number of rotatable bonds is 5. The summed E-state index contributed by atoms with van der Waals surface area (Å²) in [6, 6.07) is 8.72. The lowest BCUT2D eigenvalue weighted by Gasteiger charge is -2.28. The summed E-state index contributed by atoms with van der Waals surface area (Å²) in [6.45, 7) is 8.17. The van der Waals surface area contributed by atoms with Gasteiger partial charge in [-0.15, -0.1) is 0 Å². The van der Waals surface area contributed by atoms with Crippen molar-refractivity contribution in [2.75, 3.05) is 18.4 Å². The van der Waals surface area contributed by atoms with Gasteiger partial charge in [0.25, 0.3) is 0 Å². The number of phenolic OH excluding ortho intramolecular Hbond substituents is 1. The maximum atomic E-state index is 13.3. The van der Waals surface area contributed by atoms with Crippen LogP contribution in [-0.2, 0) is 0 Å². The zero-order chi connectivity index (χ0) is 18.4. The van der Waals surface area contributed by atoms with Gasteiger partial charge in [-0.05, 0) is 50.3 Å². The first-order valence-electron chi connectivity index (χ1n) is 8.93. The Bertz CT molecular complexity index is 1150. The molecule has 0 aliphatic carbocycles. The van der Waals surface area contributed by atoms with Crippen molar-refractivity contribution >= 4 is 33.0 Å². The second-order valence-corrected chi connectivity index (χ2v) is 6.54. The third-order valence-electron chi connectivity index (χ3n) is 5.15. The Morgan fingerprint density at radius 3 is 2.73 bits per heavy atom. The van der Waals surface area contributed by atoms with Gasteiger partial charge in [-0.25, -0.2) is 4.98 Å². The number of nitrogens with one attached hydrogen (secondary N) is 1. The van der Waals surface area contributed by atoms with Gasteiger partial charge in [-0.2, -0.15) is 0 Å². The van der Waals surface area contributed by atoms with Crippen LogP contribution in [0.2, 0.25) is 0 Å². The minimum atomic E-state index is -0.0938. The van der Waals surface area contributed by atoms with Gasteiger partial charge >= 0.3 is 0 Å². The van der Waals surface area contributed by atoms with Gasteiger partial charge < -0.3 is 10.4 Å². The van der Waals surface area contributed by atoms with E-state index in [9.17, 15) is 9.90 Å². The standard InChI is InChI=1S/C20H22N4O2/c1-4-23(5-2)12(3)22-15-7-8-16-19-18(15)20(26)14-10-13(25)6-9-17(14)24(19)11-21-16/h6-12,22,25H,4-5H2,1-3H3. The van der Waals surface area contributed by atoms with Crippen LogP contribution in [0, 0.1) is 0 Å². The van der Waals surface area contributed by atoms with Gasteiger partial charge in [0, 0.05) is 5.69 Å². The topological polar surface area (TPSA) is 69.9 Å². The molecule has 2 N–H and O–H groups in total. The maximum absolute atomic E-state index is 13.3. The molecule has 0 saturated heterocycles. The van der Waals surface area contributed by atoms with E-state index in [-0.39, 0.29) is 17.3 Å². The highest BCUT2D eigenvalue weighted by Gasteiger charge is 2.18. The van der Waals surface area contributed by atoms with Crippen molar-refractivity contribution in [1.29, 1.82) is 0 Å². The zero-order valence-corrected chi connectivity index (χ0v) is 15.2. The summed E-state index contributed by atoms with van der Waals surface area (Å²) in [7, 11) is 0. The Morgan fingerprint density at radius 2 is 2.00 bits per heavy atom. The fraction of sp³-hybridized carbons (Fsp3) is 0.300. The highest BCUT2D eigenvalue weighted by Crippen LogP contribution is 2.30. The number of anilines is 1. The molecule has 0 fully saturated rings. The Kier molecular flexibility index (Phi) is 3.92. The van der Waals surface area contributed by atoms with Gasteiger partial charge in [0.15, 0.2) is 5.43 Å². The zero-order valence-electron chi connectivity index (χ0n) is 15.2. The number of pyridine rings is 1. The first-order valence-corrected chi connectivity index (χ1v) is 8.93. The van der Waals surface area contributed by atoms with E-state index in [0.29, 0.717) is 10.8 Å². The number of hydrogen-bond acceptors (Lipinski definition) is 5. The smallest absolute Gasteiger partial charge is 0.199 e. The van der Waals surface area contributed by atoms with Crippen molar-refractivity contribution in [3.8, 4) is 5.75 Å². The Balaban J connectivity index is 2.01. The molecule has 1 atom stereocenters. The fourth-order valence-electron chi connectivity index (χ4n) is 3.78. The molecule has 4 rings (SSSR count). The lowest BCUT2D eigenvalue weighted by molar-refractivity contribution is 0.253. The molecule has 134 valence electrons. The summed E-state index contributed by atoms with van der Waals surface area (Å²) in [5, 5.41) is 14.4. The summed E-state index contributed by atoms with van der Waals surface area (Å²) < 4.78 is 1.92. The third-order valence-corrected chi connectivity index (χ3v) is 5.15. The third kappa shape index (κ3) is 2.37. The van der Waals surface area contributed by atoms with Gasteiger partial charge in [-0.3, -0.25) is 14.1 Å². The molecule has 2 aromatic heterocycles. The monoisotopic (exact) mass is 350 g/mol. The van der Waals surface area contributed by atoms with Crippen molar-refractivity contribution in [3.05, 3.63) is 46.9 Å². The van der Waals surface area contributed by atoms with Gasteiger partial charge in [0.2, 0.25) is 0 Å². The first kappa shape index (κ1) is 16.6. The van der Waals surface area contributed by atoms with E-state index in [1.165, 1.54) is 6.07 Å². The van der Waals surface area contributed by atoms with E-state index in [1.54, 1.807) is 18.5 Å². The second kappa shape index (κ2) is 6.14. The Hall–Kier alpha value is -2.86. The molecule has 0 aliphatic heterocycles. The molecule has 0 amide bonds. The van der Waals surface area contributed by atoms with E-state index in [2.05, 4.69) is 36.0 Å². The van der Waals surface area contributed by atoms with E-state index < -0.39 is 0 Å². The second-order valence-electron chi connectivity index (χ2n) is 6.54. The highest BCUT2D eigenvalue weighted by molar-refractivity contribution is 6.07. The number of benzene rings is 2. The molecular weight excluding hydrogens is 328 g/mol. The summed E-state index contributed by atoms with van der Waals surface area (Å²) in [6.07, 6.45) is 1.82. The average molecular weight is 350 g/mol. The Morgan fingerprint density at radius 1 is 1.23 bits per heavy atom. The first-order chi connectivity index (χ1) is 12.5. The van der Waals surface area contributed by atoms with E-state index in [0.717, 1.165) is 35.3 Å². The maximum Gasteiger partial charge on any atom is 0.199 e. The number of fused-ring (bicyclic) bond motifs is 2. The van der Waals surface area contributed by atoms with Crippen LogP contribution in [0.1, 0.15) is 20.8 Å². The highest BCUT2D eigenvalue weighted by atomic mass is 16.3. The number of nitrogens with zero attached hydrogens (tertiary/aromatic N) is 3. The molecule has 0 radical (unpaired) electrons. The van der Waals surface area contributed by atoms with Gasteiger partial charge in [0.1, 0.15) is 12.1 Å². The van der Waals surface area contributed by atoms with Crippen molar-refractivity contribution in [3.63, 3.8) is 0 Å². The number of aromatic nitrogens is 2. The molecule has 2 heterocycles. The van der Waals surface area contributed by atoms with E-state index >= 15 is 0 Å². The molecule has 4 aromatic rings. The van der Waals surface area contributed by atoms with Crippen molar-refractivity contribution in [2.45, 2.75) is 26.9 Å². The minimum Gasteiger partial charge on any atom is -0.508 e. The van der Waals surface area contributed by atoms with Crippen LogP contribution in [0.15, 0.2) is 41.5 Å². The lowest BCUT2D eigenvalue weighted by Crippen LogP contribution is -2.38. The molecule has 6 heteroatoms. The molecule has 2 aromatic carbocycles. The fourth-order valence-corrected chi connectivity index (χ4v) is 3.78. The van der Waals surface area contributed by atoms with Crippen molar-refractivity contribution in [2.24, 2.45) is 0 Å². The minimum absolute atomic E-state index is 0.0823. The van der Waals surface area contributed by atoms with Crippen LogP contribution in [0.3, 0.4) is 0 Å². The van der Waals surface area contributed by atoms with Crippen LogP contribution < -0.4 is 10.7 Å². The van der Waals surface area contributed by atoms with Crippen LogP contribution in [0.25, 0.3) is 27.3 Å². The predicted octanol–water partition coefficient (Wildman–Crippen LogP) is 3.24. The summed E-state index contributed by atoms with van der Waals surface area (Å²) >= 11 is 0.